The van der Waals surface area contributed by atoms with Gasteiger partial charge in [-0.15, -0.1) is 0 Å². The van der Waals surface area contributed by atoms with Gasteiger partial charge in [-0.1, -0.05) is 73.2 Å². The normalized spacial score (nSPS) is 21.2. The molecule has 1 aliphatic heterocycles. The van der Waals surface area contributed by atoms with E-state index >= 15 is 0 Å². The monoisotopic (exact) mass is 416 g/mol. The predicted molar refractivity (Wildman–Crippen MR) is 135 cm³/mol. The molecule has 1 saturated heterocycles. The van der Waals surface area contributed by atoms with E-state index in [1.165, 1.54) is 46.2 Å². The maximum atomic E-state index is 3.58. The van der Waals surface area contributed by atoms with Gasteiger partial charge in [0.2, 0.25) is 0 Å². The first kappa shape index (κ1) is 23.5. The van der Waals surface area contributed by atoms with Gasteiger partial charge in [-0.05, 0) is 99.8 Å². The van der Waals surface area contributed by atoms with Gasteiger partial charge in [-0.3, -0.25) is 0 Å². The van der Waals surface area contributed by atoms with Crippen LogP contribution in [0, 0.1) is 18.8 Å². The van der Waals surface area contributed by atoms with Crippen LogP contribution in [-0.2, 0) is 6.42 Å². The van der Waals surface area contributed by atoms with E-state index < -0.39 is 0 Å². The zero-order valence-corrected chi connectivity index (χ0v) is 20.0. The fourth-order valence-electron chi connectivity index (χ4n) is 5.14. The van der Waals surface area contributed by atoms with Crippen LogP contribution in [0.1, 0.15) is 44.7 Å². The fourth-order valence-corrected chi connectivity index (χ4v) is 5.14. The van der Waals surface area contributed by atoms with E-state index in [1.54, 1.807) is 0 Å². The fraction of sp³-hybridized carbons (Fsp3) is 0.448. The molecule has 2 heteroatoms. The Kier molecular flexibility index (Phi) is 8.69. The van der Waals surface area contributed by atoms with Crippen LogP contribution in [0.15, 0.2) is 71.8 Å². The minimum atomic E-state index is 0.574. The van der Waals surface area contributed by atoms with Gasteiger partial charge in [-0.25, -0.2) is 0 Å². The lowest BCUT2D eigenvalue weighted by atomic mass is 9.81. The van der Waals surface area contributed by atoms with Gasteiger partial charge in [0.15, 0.2) is 0 Å². The van der Waals surface area contributed by atoms with Crippen LogP contribution in [0.25, 0.3) is 11.1 Å². The summed E-state index contributed by atoms with van der Waals surface area (Å²) in [5.41, 5.74) is 8.23. The highest BCUT2D eigenvalue weighted by atomic mass is 15.0. The van der Waals surface area contributed by atoms with Crippen LogP contribution in [0.4, 0.5) is 0 Å². The van der Waals surface area contributed by atoms with Crippen molar-refractivity contribution in [2.45, 2.75) is 53.0 Å². The van der Waals surface area contributed by atoms with Crippen LogP contribution in [-0.4, -0.2) is 26.2 Å². The zero-order chi connectivity index (χ0) is 22.2. The molecular formula is C29H40N2. The standard InChI is InChI=1S/C29H40N2/c1-6-27(23(4)19-26-20-31-18-17-29(26)30-5)22(3)11-12-24-13-15-25(16-14-24)28-10-8-7-9-21(28)2/h6-11,13-16,23,26,29-31H,12,17-20H2,1-5H3. The second-order valence-corrected chi connectivity index (χ2v) is 9.13. The summed E-state index contributed by atoms with van der Waals surface area (Å²) in [6, 6.07) is 18.3. The lowest BCUT2D eigenvalue weighted by molar-refractivity contribution is 0.258. The topological polar surface area (TPSA) is 24.1 Å². The van der Waals surface area contributed by atoms with E-state index in [1.807, 2.05) is 0 Å². The summed E-state index contributed by atoms with van der Waals surface area (Å²) in [5.74, 6) is 1.27. The Hall–Kier alpha value is -2.16. The molecule has 0 saturated carbocycles. The summed E-state index contributed by atoms with van der Waals surface area (Å²) in [4.78, 5) is 0. The number of nitrogens with one attached hydrogen (secondary N) is 2. The Morgan fingerprint density at radius 2 is 1.90 bits per heavy atom. The summed E-state index contributed by atoms with van der Waals surface area (Å²) in [7, 11) is 2.11. The number of benzene rings is 2. The number of allylic oxidation sites excluding steroid dienone is 4. The minimum Gasteiger partial charge on any atom is -0.317 e. The molecule has 0 radical (unpaired) electrons. The van der Waals surface area contributed by atoms with Crippen molar-refractivity contribution >= 4 is 0 Å². The summed E-state index contributed by atoms with van der Waals surface area (Å²) in [6.45, 7) is 11.3. The lowest BCUT2D eigenvalue weighted by Gasteiger charge is -2.34. The zero-order valence-electron chi connectivity index (χ0n) is 20.0. The molecule has 0 aromatic heterocycles. The Morgan fingerprint density at radius 1 is 1.16 bits per heavy atom. The third-order valence-corrected chi connectivity index (χ3v) is 6.99. The van der Waals surface area contributed by atoms with E-state index in [2.05, 4.69) is 106 Å². The number of rotatable bonds is 8. The third kappa shape index (κ3) is 6.18. The first-order chi connectivity index (χ1) is 15.0. The van der Waals surface area contributed by atoms with Crippen LogP contribution < -0.4 is 10.6 Å². The number of hydrogen-bond acceptors (Lipinski definition) is 2. The van der Waals surface area contributed by atoms with Crippen molar-refractivity contribution in [1.29, 1.82) is 0 Å². The van der Waals surface area contributed by atoms with Crippen molar-refractivity contribution < 1.29 is 0 Å². The van der Waals surface area contributed by atoms with E-state index in [0.29, 0.717) is 17.9 Å². The molecule has 1 fully saturated rings. The SMILES string of the molecule is CC=C(C(C)=CCc1ccc(-c2ccccc2C)cc1)C(C)CC1CNCCC1NC. The molecule has 0 aliphatic carbocycles. The minimum absolute atomic E-state index is 0.574. The molecule has 166 valence electrons. The highest BCUT2D eigenvalue weighted by Crippen LogP contribution is 2.29. The molecule has 2 aromatic rings. The predicted octanol–water partition coefficient (Wildman–Crippen LogP) is 6.32. The second-order valence-electron chi connectivity index (χ2n) is 9.13. The number of piperidine rings is 1. The largest absolute Gasteiger partial charge is 0.317 e. The van der Waals surface area contributed by atoms with E-state index in [-0.39, 0.29) is 0 Å². The van der Waals surface area contributed by atoms with Gasteiger partial charge < -0.3 is 10.6 Å². The molecule has 31 heavy (non-hydrogen) atoms. The maximum Gasteiger partial charge on any atom is 0.0117 e. The smallest absolute Gasteiger partial charge is 0.0117 e. The molecule has 3 unspecified atom stereocenters. The van der Waals surface area contributed by atoms with Crippen LogP contribution >= 0.6 is 0 Å². The van der Waals surface area contributed by atoms with Gasteiger partial charge in [-0.2, -0.15) is 0 Å². The van der Waals surface area contributed by atoms with E-state index in [0.717, 1.165) is 19.5 Å². The average Bonchev–Trinajstić information content (AvgIpc) is 2.79. The quantitative estimate of drug-likeness (QED) is 0.492. The van der Waals surface area contributed by atoms with Gasteiger partial charge in [0, 0.05) is 6.04 Å². The first-order valence-corrected chi connectivity index (χ1v) is 11.9. The van der Waals surface area contributed by atoms with E-state index in [9.17, 15) is 0 Å². The van der Waals surface area contributed by atoms with Crippen molar-refractivity contribution in [3.05, 3.63) is 83.0 Å². The van der Waals surface area contributed by atoms with Gasteiger partial charge in [0.05, 0.1) is 0 Å². The van der Waals surface area contributed by atoms with Gasteiger partial charge in [0.25, 0.3) is 0 Å². The van der Waals surface area contributed by atoms with Gasteiger partial charge >= 0.3 is 0 Å². The number of aryl methyl sites for hydroxylation is 1. The molecule has 1 aliphatic rings. The Morgan fingerprint density at radius 3 is 2.58 bits per heavy atom. The van der Waals surface area contributed by atoms with Crippen molar-refractivity contribution in [3.8, 4) is 11.1 Å². The molecule has 2 N–H and O–H groups in total. The summed E-state index contributed by atoms with van der Waals surface area (Å²) in [6.07, 6.45) is 8.17. The molecule has 0 bridgehead atoms. The molecule has 2 nitrogen and oxygen atoms in total. The van der Waals surface area contributed by atoms with Crippen LogP contribution in [0.3, 0.4) is 0 Å². The highest BCUT2D eigenvalue weighted by molar-refractivity contribution is 5.67. The first-order valence-electron chi connectivity index (χ1n) is 11.9. The van der Waals surface area contributed by atoms with Crippen LogP contribution in [0.2, 0.25) is 0 Å². The van der Waals surface area contributed by atoms with Crippen molar-refractivity contribution in [3.63, 3.8) is 0 Å². The Bertz CT molecular complexity index is 891. The molecule has 3 rings (SSSR count). The van der Waals surface area contributed by atoms with Crippen molar-refractivity contribution in [2.24, 2.45) is 11.8 Å². The van der Waals surface area contributed by atoms with Crippen molar-refractivity contribution in [1.82, 2.24) is 10.6 Å². The summed E-state index contributed by atoms with van der Waals surface area (Å²) in [5, 5.41) is 7.12. The molecule has 0 amide bonds. The number of hydrogen-bond donors (Lipinski definition) is 2. The summed E-state index contributed by atoms with van der Waals surface area (Å²) < 4.78 is 0. The van der Waals surface area contributed by atoms with E-state index in [4.69, 9.17) is 0 Å². The molecule has 0 spiro atoms. The Labute approximate surface area is 189 Å². The summed E-state index contributed by atoms with van der Waals surface area (Å²) >= 11 is 0. The van der Waals surface area contributed by atoms with Crippen LogP contribution in [0.5, 0.6) is 0 Å². The molecule has 3 atom stereocenters. The second kappa shape index (κ2) is 11.5. The van der Waals surface area contributed by atoms with Gasteiger partial charge in [0.1, 0.15) is 0 Å². The molecular weight excluding hydrogens is 376 g/mol. The van der Waals surface area contributed by atoms with Crippen molar-refractivity contribution in [2.75, 3.05) is 20.1 Å². The average molecular weight is 417 g/mol. The molecule has 1 heterocycles. The lowest BCUT2D eigenvalue weighted by Crippen LogP contribution is -2.46. The third-order valence-electron chi connectivity index (χ3n) is 6.99. The Balaban J connectivity index is 1.63. The molecule has 2 aromatic carbocycles. The maximum absolute atomic E-state index is 3.58. The highest BCUT2D eigenvalue weighted by Gasteiger charge is 2.26.